The SMILES string of the molecule is Cc1ccc(F)c(NC(=O)Nc2ccc(Oc3ccnc(-c4cc(C(=O)NCCCN5CCOCC5)c[nH]4)c3)cc2)c1. The minimum Gasteiger partial charge on any atom is -0.457 e. The zero-order chi connectivity index (χ0) is 29.3. The van der Waals surface area contributed by atoms with Crippen molar-refractivity contribution in [2.45, 2.75) is 13.3 Å². The van der Waals surface area contributed by atoms with Crippen LogP contribution in [0, 0.1) is 12.7 Å². The van der Waals surface area contributed by atoms with E-state index in [-0.39, 0.29) is 11.6 Å². The first kappa shape index (κ1) is 28.8. The third kappa shape index (κ3) is 7.93. The smallest absolute Gasteiger partial charge is 0.323 e. The largest absolute Gasteiger partial charge is 0.457 e. The van der Waals surface area contributed by atoms with Crippen LogP contribution in [-0.2, 0) is 4.74 Å². The molecular weight excluding hydrogens is 539 g/mol. The van der Waals surface area contributed by atoms with Gasteiger partial charge in [0.1, 0.15) is 17.3 Å². The summed E-state index contributed by atoms with van der Waals surface area (Å²) in [4.78, 5) is 34.8. The summed E-state index contributed by atoms with van der Waals surface area (Å²) in [7, 11) is 0. The Morgan fingerprint density at radius 2 is 1.83 bits per heavy atom. The summed E-state index contributed by atoms with van der Waals surface area (Å²) in [6.07, 6.45) is 4.17. The minimum absolute atomic E-state index is 0.107. The van der Waals surface area contributed by atoms with Crippen LogP contribution in [0.3, 0.4) is 0 Å². The van der Waals surface area contributed by atoms with Crippen molar-refractivity contribution >= 4 is 23.3 Å². The first-order valence-electron chi connectivity index (χ1n) is 13.8. The summed E-state index contributed by atoms with van der Waals surface area (Å²) in [5, 5.41) is 8.16. The van der Waals surface area contributed by atoms with Gasteiger partial charge in [-0.3, -0.25) is 14.7 Å². The van der Waals surface area contributed by atoms with Gasteiger partial charge in [0.15, 0.2) is 0 Å². The summed E-state index contributed by atoms with van der Waals surface area (Å²) in [5.74, 6) is 0.451. The van der Waals surface area contributed by atoms with Crippen molar-refractivity contribution in [3.63, 3.8) is 0 Å². The number of carbonyl (C=O) groups excluding carboxylic acids is 2. The van der Waals surface area contributed by atoms with Crippen molar-refractivity contribution in [3.05, 3.63) is 90.0 Å². The van der Waals surface area contributed by atoms with Crippen LogP contribution in [0.5, 0.6) is 11.5 Å². The average molecular weight is 573 g/mol. The number of pyridine rings is 1. The predicted molar refractivity (Wildman–Crippen MR) is 159 cm³/mol. The highest BCUT2D eigenvalue weighted by atomic mass is 19.1. The molecule has 3 amide bonds. The van der Waals surface area contributed by atoms with Crippen LogP contribution in [0.2, 0.25) is 0 Å². The molecule has 1 fully saturated rings. The Balaban J connectivity index is 1.12. The number of carbonyl (C=O) groups is 2. The molecule has 0 unspecified atom stereocenters. The molecule has 2 aromatic carbocycles. The number of benzene rings is 2. The van der Waals surface area contributed by atoms with Gasteiger partial charge in [-0.1, -0.05) is 6.07 Å². The minimum atomic E-state index is -0.557. The van der Waals surface area contributed by atoms with E-state index in [9.17, 15) is 14.0 Å². The number of hydrogen-bond acceptors (Lipinski definition) is 6. The number of anilines is 2. The lowest BCUT2D eigenvalue weighted by Crippen LogP contribution is -2.38. The van der Waals surface area contributed by atoms with Crippen molar-refractivity contribution in [2.75, 3.05) is 50.0 Å². The molecule has 4 N–H and O–H groups in total. The Morgan fingerprint density at radius 3 is 2.64 bits per heavy atom. The Hall–Kier alpha value is -4.74. The number of aromatic nitrogens is 2. The van der Waals surface area contributed by atoms with Crippen LogP contribution in [0.15, 0.2) is 73.1 Å². The maximum Gasteiger partial charge on any atom is 0.323 e. The Bertz CT molecular complexity index is 1520. The molecule has 1 aliphatic heterocycles. The van der Waals surface area contributed by atoms with E-state index >= 15 is 0 Å². The molecule has 1 saturated heterocycles. The van der Waals surface area contributed by atoms with Gasteiger partial charge in [-0.25, -0.2) is 9.18 Å². The number of rotatable bonds is 10. The van der Waals surface area contributed by atoms with Gasteiger partial charge in [0.2, 0.25) is 0 Å². The number of amides is 3. The molecule has 0 aliphatic carbocycles. The van der Waals surface area contributed by atoms with E-state index in [1.54, 1.807) is 67.0 Å². The number of H-pyrrole nitrogens is 1. The molecule has 0 spiro atoms. The molecular formula is C31H33FN6O4. The van der Waals surface area contributed by atoms with E-state index in [2.05, 4.69) is 30.8 Å². The summed E-state index contributed by atoms with van der Waals surface area (Å²) in [5.41, 5.74) is 3.30. The molecule has 0 radical (unpaired) electrons. The first-order valence-corrected chi connectivity index (χ1v) is 13.8. The molecule has 0 atom stereocenters. The second kappa shape index (κ2) is 13.7. The molecule has 1 aliphatic rings. The molecule has 3 heterocycles. The Morgan fingerprint density at radius 1 is 1.02 bits per heavy atom. The molecule has 218 valence electrons. The van der Waals surface area contributed by atoms with Crippen LogP contribution in [0.4, 0.5) is 20.6 Å². The number of nitrogens with one attached hydrogen (secondary N) is 4. The predicted octanol–water partition coefficient (Wildman–Crippen LogP) is 5.41. The lowest BCUT2D eigenvalue weighted by molar-refractivity contribution is 0.0374. The number of urea groups is 1. The maximum atomic E-state index is 13.9. The zero-order valence-electron chi connectivity index (χ0n) is 23.3. The number of aromatic amines is 1. The van der Waals surface area contributed by atoms with Gasteiger partial charge in [-0.2, -0.15) is 0 Å². The van der Waals surface area contributed by atoms with Crippen LogP contribution < -0.4 is 20.7 Å². The van der Waals surface area contributed by atoms with Crippen molar-refractivity contribution in [3.8, 4) is 22.9 Å². The molecule has 11 heteroatoms. The Kier molecular flexibility index (Phi) is 9.42. The highest BCUT2D eigenvalue weighted by molar-refractivity contribution is 6.00. The van der Waals surface area contributed by atoms with Gasteiger partial charge in [0, 0.05) is 43.8 Å². The topological polar surface area (TPSA) is 121 Å². The summed E-state index contributed by atoms with van der Waals surface area (Å²) in [6.45, 7) is 6.75. The first-order chi connectivity index (χ1) is 20.4. The average Bonchev–Trinajstić information content (AvgIpc) is 3.50. The summed E-state index contributed by atoms with van der Waals surface area (Å²) >= 11 is 0. The summed E-state index contributed by atoms with van der Waals surface area (Å²) < 4.78 is 25.3. The lowest BCUT2D eigenvalue weighted by atomic mass is 10.2. The van der Waals surface area contributed by atoms with Crippen molar-refractivity contribution in [1.29, 1.82) is 0 Å². The van der Waals surface area contributed by atoms with Crippen LogP contribution in [-0.4, -0.2) is 66.2 Å². The Labute approximate surface area is 243 Å². The second-order valence-electron chi connectivity index (χ2n) is 9.93. The van der Waals surface area contributed by atoms with Gasteiger partial charge in [-0.05, 0) is 74.0 Å². The quantitative estimate of drug-likeness (QED) is 0.189. The van der Waals surface area contributed by atoms with Gasteiger partial charge in [0.05, 0.1) is 35.9 Å². The van der Waals surface area contributed by atoms with Crippen molar-refractivity contribution < 1.29 is 23.5 Å². The maximum absolute atomic E-state index is 13.9. The summed E-state index contributed by atoms with van der Waals surface area (Å²) in [6, 6.07) is 16.0. The van der Waals surface area contributed by atoms with Gasteiger partial charge in [-0.15, -0.1) is 0 Å². The van der Waals surface area contributed by atoms with Crippen LogP contribution >= 0.6 is 0 Å². The van der Waals surface area contributed by atoms with E-state index in [1.807, 2.05) is 6.92 Å². The fourth-order valence-electron chi connectivity index (χ4n) is 4.49. The number of aryl methyl sites for hydroxylation is 1. The molecule has 42 heavy (non-hydrogen) atoms. The zero-order valence-corrected chi connectivity index (χ0v) is 23.3. The highest BCUT2D eigenvalue weighted by Crippen LogP contribution is 2.27. The van der Waals surface area contributed by atoms with E-state index in [4.69, 9.17) is 9.47 Å². The van der Waals surface area contributed by atoms with Crippen molar-refractivity contribution in [2.24, 2.45) is 0 Å². The third-order valence-corrected chi connectivity index (χ3v) is 6.71. The number of ether oxygens (including phenoxy) is 2. The van der Waals surface area contributed by atoms with Crippen LogP contribution in [0.25, 0.3) is 11.4 Å². The highest BCUT2D eigenvalue weighted by Gasteiger charge is 2.13. The van der Waals surface area contributed by atoms with E-state index in [1.165, 1.54) is 6.07 Å². The fraction of sp³-hybridized carbons (Fsp3) is 0.258. The monoisotopic (exact) mass is 572 g/mol. The molecule has 10 nitrogen and oxygen atoms in total. The van der Waals surface area contributed by atoms with Gasteiger partial charge in [0.25, 0.3) is 5.91 Å². The van der Waals surface area contributed by atoms with E-state index < -0.39 is 11.8 Å². The molecule has 4 aromatic rings. The molecule has 5 rings (SSSR count). The molecule has 0 saturated carbocycles. The fourth-order valence-corrected chi connectivity index (χ4v) is 4.49. The number of morpholine rings is 1. The third-order valence-electron chi connectivity index (χ3n) is 6.71. The molecule has 2 aromatic heterocycles. The second-order valence-corrected chi connectivity index (χ2v) is 9.93. The molecule has 0 bridgehead atoms. The number of nitrogens with zero attached hydrogens (tertiary/aromatic N) is 2. The van der Waals surface area contributed by atoms with Crippen LogP contribution in [0.1, 0.15) is 22.3 Å². The van der Waals surface area contributed by atoms with E-state index in [0.29, 0.717) is 40.7 Å². The lowest BCUT2D eigenvalue weighted by Gasteiger charge is -2.26. The van der Waals surface area contributed by atoms with Gasteiger partial charge >= 0.3 is 6.03 Å². The van der Waals surface area contributed by atoms with Crippen molar-refractivity contribution in [1.82, 2.24) is 20.2 Å². The number of hydrogen-bond donors (Lipinski definition) is 4. The standard InChI is InChI=1S/C31H33FN6O4/c1-21-3-8-26(32)27(17-21)37-31(40)36-23-4-6-24(7-5-23)42-25-9-11-33-29(19-25)28-18-22(20-35-28)30(39)34-10-2-12-38-13-15-41-16-14-38/h3-9,11,17-20,35H,2,10,12-16H2,1H3,(H,34,39)(H2,36,37,40). The van der Waals surface area contributed by atoms with Gasteiger partial charge < -0.3 is 30.4 Å². The number of halogens is 1. The normalized spacial score (nSPS) is 13.4. The van der Waals surface area contributed by atoms with E-state index in [0.717, 1.165) is 44.8 Å².